The molecule has 0 fully saturated rings. The van der Waals surface area contributed by atoms with Crippen molar-refractivity contribution in [3.05, 3.63) is 99.3 Å². The lowest BCUT2D eigenvalue weighted by molar-refractivity contribution is 0.103. The van der Waals surface area contributed by atoms with Gasteiger partial charge >= 0.3 is 0 Å². The maximum absolute atomic E-state index is 13.5. The van der Waals surface area contributed by atoms with Crippen LogP contribution in [0.2, 0.25) is 5.02 Å². The van der Waals surface area contributed by atoms with Crippen LogP contribution in [0.15, 0.2) is 60.7 Å². The zero-order chi connectivity index (χ0) is 23.0. The third kappa shape index (κ3) is 3.92. The summed E-state index contributed by atoms with van der Waals surface area (Å²) in [6.07, 6.45) is 0.765. The first kappa shape index (κ1) is 21.8. The van der Waals surface area contributed by atoms with E-state index < -0.39 is 0 Å². The average Bonchev–Trinajstić information content (AvgIpc) is 3.26. The summed E-state index contributed by atoms with van der Waals surface area (Å²) in [4.78, 5) is 13.5. The van der Waals surface area contributed by atoms with Gasteiger partial charge in [-0.3, -0.25) is 9.36 Å². The second-order valence-corrected chi connectivity index (χ2v) is 8.38. The fourth-order valence-electron chi connectivity index (χ4n) is 4.16. The van der Waals surface area contributed by atoms with Crippen LogP contribution in [-0.4, -0.2) is 25.1 Å². The number of carbonyl (C=O) groups excluding carboxylic acids is 1. The Bertz CT molecular complexity index is 1300. The van der Waals surface area contributed by atoms with Crippen molar-refractivity contribution in [2.24, 2.45) is 0 Å². The van der Waals surface area contributed by atoms with Crippen LogP contribution < -0.4 is 0 Å². The molecule has 4 aromatic rings. The number of aromatic hydroxyl groups is 2. The zero-order valence-corrected chi connectivity index (χ0v) is 19.0. The molecule has 2 aromatic carbocycles. The second kappa shape index (κ2) is 8.60. The lowest BCUT2D eigenvalue weighted by Crippen LogP contribution is -2.13. The molecular weight excluding hydrogens is 424 g/mol. The normalized spacial score (nSPS) is 11.1. The molecule has 0 amide bonds. The van der Waals surface area contributed by atoms with Crippen molar-refractivity contribution in [2.75, 3.05) is 0 Å². The number of aryl methyl sites for hydroxylation is 3. The maximum atomic E-state index is 13.5. The number of benzene rings is 2. The molecule has 2 aromatic heterocycles. The van der Waals surface area contributed by atoms with Gasteiger partial charge in [0.05, 0.1) is 12.2 Å². The number of carbonyl (C=O) groups is 1. The molecule has 0 bridgehead atoms. The van der Waals surface area contributed by atoms with E-state index in [0.717, 1.165) is 28.9 Å². The van der Waals surface area contributed by atoms with E-state index in [1.54, 1.807) is 18.2 Å². The van der Waals surface area contributed by atoms with Gasteiger partial charge in [-0.1, -0.05) is 42.3 Å². The fourth-order valence-corrected chi connectivity index (χ4v) is 4.33. The van der Waals surface area contributed by atoms with Crippen molar-refractivity contribution in [2.45, 2.75) is 33.7 Å². The molecule has 0 saturated heterocycles. The van der Waals surface area contributed by atoms with Gasteiger partial charge in [0, 0.05) is 39.7 Å². The second-order valence-electron chi connectivity index (χ2n) is 7.94. The summed E-state index contributed by atoms with van der Waals surface area (Å²) >= 11 is 6.30. The monoisotopic (exact) mass is 448 g/mol. The van der Waals surface area contributed by atoms with Crippen molar-refractivity contribution in [3.8, 4) is 17.4 Å². The maximum Gasteiger partial charge on any atom is 0.195 e. The Morgan fingerprint density at radius 1 is 0.969 bits per heavy atom. The molecule has 32 heavy (non-hydrogen) atoms. The Hall–Kier alpha value is -3.44. The van der Waals surface area contributed by atoms with Crippen LogP contribution in [0.4, 0.5) is 0 Å². The molecule has 0 aliphatic rings. The minimum Gasteiger partial charge on any atom is -0.494 e. The van der Waals surface area contributed by atoms with Gasteiger partial charge in [0.25, 0.3) is 0 Å². The van der Waals surface area contributed by atoms with Gasteiger partial charge in [-0.2, -0.15) is 0 Å². The third-order valence-electron chi connectivity index (χ3n) is 5.72. The molecule has 5 nitrogen and oxygen atoms in total. The van der Waals surface area contributed by atoms with Gasteiger partial charge in [-0.05, 0) is 56.2 Å². The number of hydrogen-bond acceptors (Lipinski definition) is 3. The highest BCUT2D eigenvalue weighted by Gasteiger charge is 2.22. The number of ketones is 1. The highest BCUT2D eigenvalue weighted by Crippen LogP contribution is 2.31. The molecule has 164 valence electrons. The summed E-state index contributed by atoms with van der Waals surface area (Å²) in [5, 5.41) is 20.9. The largest absolute Gasteiger partial charge is 0.494 e. The molecule has 4 rings (SSSR count). The van der Waals surface area contributed by atoms with E-state index in [2.05, 4.69) is 13.0 Å². The molecule has 2 heterocycles. The highest BCUT2D eigenvalue weighted by molar-refractivity contribution is 6.31. The molecule has 0 aliphatic heterocycles. The Labute approximate surface area is 192 Å². The van der Waals surface area contributed by atoms with E-state index in [1.807, 2.05) is 42.7 Å². The average molecular weight is 449 g/mol. The van der Waals surface area contributed by atoms with Crippen molar-refractivity contribution >= 4 is 17.4 Å². The summed E-state index contributed by atoms with van der Waals surface area (Å²) in [7, 11) is 0. The summed E-state index contributed by atoms with van der Waals surface area (Å²) < 4.78 is 3.44. The first-order chi connectivity index (χ1) is 15.3. The fraction of sp³-hybridized carbons (Fsp3) is 0.192. The minimum atomic E-state index is -0.116. The first-order valence-corrected chi connectivity index (χ1v) is 10.9. The summed E-state index contributed by atoms with van der Waals surface area (Å²) in [5.41, 5.74) is 5.70. The topological polar surface area (TPSA) is 67.4 Å². The summed E-state index contributed by atoms with van der Waals surface area (Å²) in [6, 6.07) is 17.8. The van der Waals surface area contributed by atoms with E-state index in [1.165, 1.54) is 16.7 Å². The predicted octanol–water partition coefficient (Wildman–Crippen LogP) is 5.80. The molecule has 0 atom stereocenters. The Kier molecular flexibility index (Phi) is 5.85. The Balaban J connectivity index is 1.91. The van der Waals surface area contributed by atoms with Crippen LogP contribution in [0.5, 0.6) is 11.8 Å². The number of rotatable bonds is 6. The molecule has 0 saturated carbocycles. The molecule has 2 N–H and O–H groups in total. The quantitative estimate of drug-likeness (QED) is 0.366. The Morgan fingerprint density at radius 2 is 1.69 bits per heavy atom. The first-order valence-electron chi connectivity index (χ1n) is 10.5. The van der Waals surface area contributed by atoms with Crippen molar-refractivity contribution < 1.29 is 15.0 Å². The number of nitrogens with zero attached hydrogens (tertiary/aromatic N) is 2. The van der Waals surface area contributed by atoms with Crippen molar-refractivity contribution in [1.29, 1.82) is 0 Å². The van der Waals surface area contributed by atoms with E-state index in [4.69, 9.17) is 11.6 Å². The number of aromatic nitrogens is 2. The van der Waals surface area contributed by atoms with E-state index >= 15 is 0 Å². The van der Waals surface area contributed by atoms with Crippen LogP contribution >= 0.6 is 11.6 Å². The molecule has 0 spiro atoms. The van der Waals surface area contributed by atoms with Gasteiger partial charge < -0.3 is 14.8 Å². The van der Waals surface area contributed by atoms with Crippen LogP contribution in [0.25, 0.3) is 5.69 Å². The van der Waals surface area contributed by atoms with Gasteiger partial charge in [-0.15, -0.1) is 0 Å². The van der Waals surface area contributed by atoms with E-state index in [-0.39, 0.29) is 24.1 Å². The molecule has 0 radical (unpaired) electrons. The Morgan fingerprint density at radius 3 is 2.34 bits per heavy atom. The zero-order valence-electron chi connectivity index (χ0n) is 18.3. The molecular formula is C26H25ClN2O3. The standard InChI is InChI=1S/C26H25ClN2O3/c1-4-18-13-17(3)29(23(18)15-28-24(30)10-11-25(28)31)22-9-8-20(27)14-21(22)26(32)19-7-5-6-16(2)12-19/h5-14,30-31H,4,15H2,1-3H3. The molecule has 0 aliphatic carbocycles. The van der Waals surface area contributed by atoms with Crippen LogP contribution in [0, 0.1) is 13.8 Å². The molecule has 0 unspecified atom stereocenters. The highest BCUT2D eigenvalue weighted by atomic mass is 35.5. The van der Waals surface area contributed by atoms with Gasteiger partial charge in [0.15, 0.2) is 17.5 Å². The molecule has 6 heteroatoms. The smallest absolute Gasteiger partial charge is 0.195 e. The van der Waals surface area contributed by atoms with Gasteiger partial charge in [0.1, 0.15) is 0 Å². The lowest BCUT2D eigenvalue weighted by Gasteiger charge is -2.18. The minimum absolute atomic E-state index is 0.0258. The number of halogens is 1. The lowest BCUT2D eigenvalue weighted by atomic mass is 10.00. The van der Waals surface area contributed by atoms with Crippen LogP contribution in [0.1, 0.15) is 45.4 Å². The van der Waals surface area contributed by atoms with E-state index in [0.29, 0.717) is 21.8 Å². The summed E-state index contributed by atoms with van der Waals surface area (Å²) in [6.45, 7) is 6.24. The van der Waals surface area contributed by atoms with Crippen LogP contribution in [-0.2, 0) is 13.0 Å². The van der Waals surface area contributed by atoms with Gasteiger partial charge in [0.2, 0.25) is 0 Å². The summed E-state index contributed by atoms with van der Waals surface area (Å²) in [5.74, 6) is -0.167. The SMILES string of the molecule is CCc1cc(C)n(-c2ccc(Cl)cc2C(=O)c2cccc(C)c2)c1Cn1c(O)ccc1O. The van der Waals surface area contributed by atoms with Crippen molar-refractivity contribution in [1.82, 2.24) is 9.13 Å². The van der Waals surface area contributed by atoms with Crippen molar-refractivity contribution in [3.63, 3.8) is 0 Å². The van der Waals surface area contributed by atoms with Crippen LogP contribution in [0.3, 0.4) is 0 Å². The predicted molar refractivity (Wildman–Crippen MR) is 126 cm³/mol. The third-order valence-corrected chi connectivity index (χ3v) is 5.96. The van der Waals surface area contributed by atoms with Gasteiger partial charge in [-0.25, -0.2) is 0 Å². The number of hydrogen-bond donors (Lipinski definition) is 2. The van der Waals surface area contributed by atoms with E-state index in [9.17, 15) is 15.0 Å².